The first-order chi connectivity index (χ1) is 9.25. The van der Waals surface area contributed by atoms with E-state index in [9.17, 15) is 19.7 Å². The lowest BCUT2D eigenvalue weighted by Crippen LogP contribution is -2.52. The molecule has 0 radical (unpaired) electrons. The maximum atomic E-state index is 12.1. The number of hydrogen-bond acceptors (Lipinski definition) is 4. The number of rotatable bonds is 6. The summed E-state index contributed by atoms with van der Waals surface area (Å²) in [6, 6.07) is 1.14. The van der Waals surface area contributed by atoms with Gasteiger partial charge in [-0.15, -0.1) is 0 Å². The van der Waals surface area contributed by atoms with E-state index in [4.69, 9.17) is 5.11 Å². The fourth-order valence-corrected chi connectivity index (χ4v) is 1.65. The highest BCUT2D eigenvalue weighted by Gasteiger charge is 2.34. The average molecular weight is 283 g/mol. The summed E-state index contributed by atoms with van der Waals surface area (Å²) in [6.07, 6.45) is 1.45. The van der Waals surface area contributed by atoms with Crippen molar-refractivity contribution in [1.29, 1.82) is 0 Å². The number of carbonyl (C=O) groups is 2. The van der Waals surface area contributed by atoms with Crippen LogP contribution in [0.3, 0.4) is 0 Å². The second-order valence-corrected chi connectivity index (χ2v) is 4.57. The second kappa shape index (κ2) is 5.72. The van der Waals surface area contributed by atoms with Crippen molar-refractivity contribution >= 4 is 17.6 Å². The summed E-state index contributed by atoms with van der Waals surface area (Å²) >= 11 is 0. The van der Waals surface area contributed by atoms with Gasteiger partial charge in [0.05, 0.1) is 11.1 Å². The smallest absolute Gasteiger partial charge is 0.329 e. The lowest BCUT2D eigenvalue weighted by atomic mass is 9.99. The van der Waals surface area contributed by atoms with Crippen LogP contribution in [0.15, 0.2) is 12.3 Å². The van der Waals surface area contributed by atoms with E-state index in [2.05, 4.69) is 5.32 Å². The van der Waals surface area contributed by atoms with Crippen molar-refractivity contribution in [3.63, 3.8) is 0 Å². The van der Waals surface area contributed by atoms with Gasteiger partial charge in [-0.3, -0.25) is 14.9 Å². The Morgan fingerprint density at radius 1 is 1.50 bits per heavy atom. The highest BCUT2D eigenvalue weighted by atomic mass is 16.6. The molecule has 1 atom stereocenters. The molecule has 1 aromatic heterocycles. The first kappa shape index (κ1) is 15.7. The third kappa shape index (κ3) is 2.95. The monoisotopic (exact) mass is 283 g/mol. The number of hydrogen-bond donors (Lipinski definition) is 2. The topological polar surface area (TPSA) is 114 Å². The van der Waals surface area contributed by atoms with Gasteiger partial charge in [-0.1, -0.05) is 6.92 Å². The van der Waals surface area contributed by atoms with Gasteiger partial charge in [0, 0.05) is 12.6 Å². The first-order valence-corrected chi connectivity index (χ1v) is 6.15. The highest BCUT2D eigenvalue weighted by Crippen LogP contribution is 2.18. The number of nitrogens with zero attached hydrogens (tertiary/aromatic N) is 2. The van der Waals surface area contributed by atoms with E-state index >= 15 is 0 Å². The average Bonchev–Trinajstić information content (AvgIpc) is 2.82. The van der Waals surface area contributed by atoms with E-state index in [1.54, 1.807) is 13.8 Å². The van der Waals surface area contributed by atoms with Crippen LogP contribution in [0.1, 0.15) is 37.7 Å². The van der Waals surface area contributed by atoms with E-state index in [0.717, 1.165) is 6.07 Å². The zero-order valence-corrected chi connectivity index (χ0v) is 11.5. The molecule has 2 N–H and O–H groups in total. The fourth-order valence-electron chi connectivity index (χ4n) is 1.65. The standard InChI is InChI=1S/C12H17N3O5/c1-4-12(3,11(17)18)13-10(16)9-6-8(15(19)20)7-14(9)5-2/h6-7H,4-5H2,1-3H3,(H,13,16)(H,17,18). The number of aromatic nitrogens is 1. The van der Waals surface area contributed by atoms with Gasteiger partial charge in [0.1, 0.15) is 11.2 Å². The summed E-state index contributed by atoms with van der Waals surface area (Å²) in [5.74, 6) is -1.80. The molecule has 1 unspecified atom stereocenters. The summed E-state index contributed by atoms with van der Waals surface area (Å²) in [7, 11) is 0. The number of amides is 1. The van der Waals surface area contributed by atoms with Gasteiger partial charge in [-0.25, -0.2) is 4.79 Å². The molecule has 0 aromatic carbocycles. The van der Waals surface area contributed by atoms with Crippen molar-refractivity contribution in [2.24, 2.45) is 0 Å². The summed E-state index contributed by atoms with van der Waals surface area (Å²) in [5, 5.41) is 22.2. The van der Waals surface area contributed by atoms with Crippen LogP contribution in [0.2, 0.25) is 0 Å². The number of nitro groups is 1. The maximum Gasteiger partial charge on any atom is 0.329 e. The van der Waals surface area contributed by atoms with E-state index in [1.165, 1.54) is 17.7 Å². The fraction of sp³-hybridized carbons (Fsp3) is 0.500. The molecule has 0 aliphatic rings. The molecular weight excluding hydrogens is 266 g/mol. The predicted octanol–water partition coefficient (Wildman–Crippen LogP) is 1.40. The van der Waals surface area contributed by atoms with Crippen LogP contribution in [0.5, 0.6) is 0 Å². The molecule has 0 saturated carbocycles. The Bertz CT molecular complexity index is 551. The zero-order valence-electron chi connectivity index (χ0n) is 11.5. The lowest BCUT2D eigenvalue weighted by Gasteiger charge is -2.24. The Labute approximate surface area is 115 Å². The minimum Gasteiger partial charge on any atom is -0.480 e. The van der Waals surface area contributed by atoms with E-state index in [0.29, 0.717) is 6.54 Å². The van der Waals surface area contributed by atoms with Crippen LogP contribution in [-0.4, -0.2) is 32.0 Å². The predicted molar refractivity (Wildman–Crippen MR) is 70.6 cm³/mol. The van der Waals surface area contributed by atoms with Crippen molar-refractivity contribution < 1.29 is 19.6 Å². The van der Waals surface area contributed by atoms with Crippen molar-refractivity contribution in [3.8, 4) is 0 Å². The molecule has 1 amide bonds. The molecule has 1 rings (SSSR count). The van der Waals surface area contributed by atoms with Gasteiger partial charge in [0.15, 0.2) is 0 Å². The van der Waals surface area contributed by atoms with Crippen LogP contribution in [0.4, 0.5) is 5.69 Å². The Balaban J connectivity index is 3.09. The lowest BCUT2D eigenvalue weighted by molar-refractivity contribution is -0.384. The van der Waals surface area contributed by atoms with Crippen LogP contribution in [0.25, 0.3) is 0 Å². The number of carboxylic acids is 1. The summed E-state index contributed by atoms with van der Waals surface area (Å²) < 4.78 is 1.41. The quantitative estimate of drug-likeness (QED) is 0.605. The number of nitrogens with one attached hydrogen (secondary N) is 1. The Kier molecular flexibility index (Phi) is 4.49. The van der Waals surface area contributed by atoms with Crippen molar-refractivity contribution in [2.75, 3.05) is 0 Å². The molecule has 1 heterocycles. The van der Waals surface area contributed by atoms with E-state index in [1.807, 2.05) is 0 Å². The van der Waals surface area contributed by atoms with Gasteiger partial charge in [0.25, 0.3) is 11.6 Å². The molecule has 0 spiro atoms. The van der Waals surface area contributed by atoms with Crippen LogP contribution < -0.4 is 5.32 Å². The highest BCUT2D eigenvalue weighted by molar-refractivity contribution is 5.97. The largest absolute Gasteiger partial charge is 0.480 e. The normalized spacial score (nSPS) is 13.6. The van der Waals surface area contributed by atoms with Crippen LogP contribution in [0, 0.1) is 10.1 Å². The van der Waals surface area contributed by atoms with Gasteiger partial charge >= 0.3 is 5.97 Å². The number of carbonyl (C=O) groups excluding carboxylic acids is 1. The third-order valence-electron chi connectivity index (χ3n) is 3.23. The van der Waals surface area contributed by atoms with Gasteiger partial charge < -0.3 is 15.0 Å². The molecule has 0 bridgehead atoms. The minimum atomic E-state index is -1.41. The van der Waals surface area contributed by atoms with Crippen LogP contribution >= 0.6 is 0 Å². The Hall–Kier alpha value is -2.38. The SMILES string of the molecule is CCn1cc([N+](=O)[O-])cc1C(=O)NC(C)(CC)C(=O)O. The van der Waals surface area contributed by atoms with E-state index in [-0.39, 0.29) is 17.8 Å². The maximum absolute atomic E-state index is 12.1. The van der Waals surface area contributed by atoms with Crippen LogP contribution in [-0.2, 0) is 11.3 Å². The van der Waals surface area contributed by atoms with Crippen molar-refractivity contribution in [3.05, 3.63) is 28.1 Å². The zero-order chi connectivity index (χ0) is 15.5. The van der Waals surface area contributed by atoms with E-state index < -0.39 is 22.3 Å². The molecule has 20 heavy (non-hydrogen) atoms. The molecule has 0 fully saturated rings. The molecule has 8 nitrogen and oxygen atoms in total. The molecular formula is C12H17N3O5. The van der Waals surface area contributed by atoms with Gasteiger partial charge in [-0.05, 0) is 20.3 Å². The van der Waals surface area contributed by atoms with Crippen molar-refractivity contribution in [1.82, 2.24) is 9.88 Å². The summed E-state index contributed by atoms with van der Waals surface area (Å²) in [5.41, 5.74) is -1.54. The number of aryl methyl sites for hydroxylation is 1. The molecule has 0 aliphatic heterocycles. The Morgan fingerprint density at radius 3 is 2.50 bits per heavy atom. The Morgan fingerprint density at radius 2 is 2.10 bits per heavy atom. The molecule has 8 heteroatoms. The third-order valence-corrected chi connectivity index (χ3v) is 3.23. The summed E-state index contributed by atoms with van der Waals surface area (Å²) in [6.45, 7) is 5.12. The molecule has 0 aliphatic carbocycles. The molecule has 1 aromatic rings. The number of carboxylic acid groups (broad SMARTS) is 1. The van der Waals surface area contributed by atoms with Gasteiger partial charge in [-0.2, -0.15) is 0 Å². The number of aliphatic carboxylic acids is 1. The first-order valence-electron chi connectivity index (χ1n) is 6.15. The molecule has 0 saturated heterocycles. The summed E-state index contributed by atoms with van der Waals surface area (Å²) in [4.78, 5) is 33.4. The molecule has 110 valence electrons. The van der Waals surface area contributed by atoms with Gasteiger partial charge in [0.2, 0.25) is 0 Å². The van der Waals surface area contributed by atoms with Crippen molar-refractivity contribution in [2.45, 2.75) is 39.3 Å². The second-order valence-electron chi connectivity index (χ2n) is 4.57. The minimum absolute atomic E-state index is 0.0696.